The van der Waals surface area contributed by atoms with E-state index in [0.717, 1.165) is 12.5 Å². The second kappa shape index (κ2) is 12.7. The Morgan fingerprint density at radius 1 is 0.889 bits per heavy atom. The second-order valence-electron chi connectivity index (χ2n) is 8.52. The first-order chi connectivity index (χ1) is 12.4. The van der Waals surface area contributed by atoms with Crippen molar-refractivity contribution >= 4 is 28.6 Å². The van der Waals surface area contributed by atoms with E-state index in [2.05, 4.69) is 33.1 Å². The minimum absolute atomic E-state index is 0.157. The lowest BCUT2D eigenvalue weighted by atomic mass is 9.96. The highest BCUT2D eigenvalue weighted by molar-refractivity contribution is 6.84. The van der Waals surface area contributed by atoms with E-state index in [1.165, 1.54) is 25.8 Å². The van der Waals surface area contributed by atoms with Gasteiger partial charge in [0.2, 0.25) is 0 Å². The van der Waals surface area contributed by atoms with Gasteiger partial charge in [-0.25, -0.2) is 0 Å². The van der Waals surface area contributed by atoms with Gasteiger partial charge in [-0.1, -0.05) is 33.6 Å². The Bertz CT molecular complexity index is 453. The Kier molecular flexibility index (Phi) is 12.4. The summed E-state index contributed by atoms with van der Waals surface area (Å²) < 4.78 is 17.2. The van der Waals surface area contributed by atoms with Crippen molar-refractivity contribution in [3.8, 4) is 0 Å². The number of rotatable bonds is 15. The van der Waals surface area contributed by atoms with Crippen molar-refractivity contribution in [1.82, 2.24) is 0 Å². The fourth-order valence-corrected chi connectivity index (χ4v) is 11.9. The maximum Gasteiger partial charge on any atom is 0.309 e. The van der Waals surface area contributed by atoms with Crippen molar-refractivity contribution in [3.63, 3.8) is 0 Å². The molecule has 0 aromatic heterocycles. The number of ether oxygens (including phenoxy) is 2. The highest BCUT2D eigenvalue weighted by Crippen LogP contribution is 2.24. The highest BCUT2D eigenvalue weighted by atomic mass is 28.4. The number of esters is 1. The van der Waals surface area contributed by atoms with Gasteiger partial charge < -0.3 is 18.7 Å². The fourth-order valence-electron chi connectivity index (χ4n) is 2.91. The summed E-state index contributed by atoms with van der Waals surface area (Å²) in [4.78, 5) is 22.6. The predicted molar refractivity (Wildman–Crippen MR) is 113 cm³/mol. The first-order valence-corrected chi connectivity index (χ1v) is 16.3. The van der Waals surface area contributed by atoms with Crippen LogP contribution in [0.5, 0.6) is 0 Å². The van der Waals surface area contributed by atoms with Crippen LogP contribution < -0.4 is 0 Å². The molecule has 0 saturated carbocycles. The molecule has 27 heavy (non-hydrogen) atoms. The molecule has 0 amide bonds. The van der Waals surface area contributed by atoms with Crippen LogP contribution in [0.4, 0.5) is 0 Å². The number of hydrogen-bond acceptors (Lipinski definition) is 5. The molecule has 0 aromatic carbocycles. The van der Waals surface area contributed by atoms with Gasteiger partial charge in [-0.3, -0.25) is 9.59 Å². The largest absolute Gasteiger partial charge is 0.481 e. The second-order valence-corrected chi connectivity index (χ2v) is 17.4. The van der Waals surface area contributed by atoms with Gasteiger partial charge >= 0.3 is 11.9 Å². The molecular weight excluding hydrogens is 380 g/mol. The Balaban J connectivity index is 3.93. The Morgan fingerprint density at radius 2 is 1.44 bits per heavy atom. The smallest absolute Gasteiger partial charge is 0.309 e. The van der Waals surface area contributed by atoms with E-state index in [4.69, 9.17) is 18.7 Å². The van der Waals surface area contributed by atoms with Crippen molar-refractivity contribution in [3.05, 3.63) is 0 Å². The van der Waals surface area contributed by atoms with Crippen LogP contribution in [-0.4, -0.2) is 53.5 Å². The van der Waals surface area contributed by atoms with E-state index in [1.54, 1.807) is 6.92 Å². The standard InChI is InChI=1S/C19H40O6Si2/c1-8-9-14-26(4,5)25-27(6,7)15-10-11-23-12-13-24-19(22)17(3)16(2)18(20)21/h16-17H,8-15H2,1-7H3,(H,20,21). The molecule has 8 heteroatoms. The third-order valence-electron chi connectivity index (χ3n) is 4.74. The summed E-state index contributed by atoms with van der Waals surface area (Å²) in [6, 6.07) is 2.28. The number of carbonyl (C=O) groups is 2. The number of carboxylic acid groups (broad SMARTS) is 1. The Labute approximate surface area is 167 Å². The molecule has 0 fully saturated rings. The van der Waals surface area contributed by atoms with E-state index in [-0.39, 0.29) is 6.61 Å². The average molecular weight is 421 g/mol. The SMILES string of the molecule is CCCC[Si](C)(C)O[Si](C)(C)CCCOCCOC(=O)C(C)C(C)C(=O)O. The zero-order valence-electron chi connectivity index (χ0n) is 18.3. The molecule has 0 aliphatic heterocycles. The molecule has 2 atom stereocenters. The quantitative estimate of drug-likeness (QED) is 0.238. The van der Waals surface area contributed by atoms with Crippen LogP contribution >= 0.6 is 0 Å². The molecule has 1 N–H and O–H groups in total. The summed E-state index contributed by atoms with van der Waals surface area (Å²) in [6.45, 7) is 15.6. The minimum Gasteiger partial charge on any atom is -0.481 e. The number of carbonyl (C=O) groups excluding carboxylic acids is 1. The molecule has 160 valence electrons. The fraction of sp³-hybridized carbons (Fsp3) is 0.895. The van der Waals surface area contributed by atoms with Gasteiger partial charge in [0.25, 0.3) is 0 Å². The van der Waals surface area contributed by atoms with Crippen LogP contribution in [0.25, 0.3) is 0 Å². The summed E-state index contributed by atoms with van der Waals surface area (Å²) in [5.41, 5.74) is 0. The van der Waals surface area contributed by atoms with Crippen molar-refractivity contribution in [2.75, 3.05) is 19.8 Å². The molecule has 0 aromatic rings. The van der Waals surface area contributed by atoms with Crippen molar-refractivity contribution in [2.45, 2.75) is 78.3 Å². The lowest BCUT2D eigenvalue weighted by molar-refractivity contribution is -0.157. The van der Waals surface area contributed by atoms with Crippen LogP contribution in [0, 0.1) is 11.8 Å². The van der Waals surface area contributed by atoms with Gasteiger partial charge in [0.1, 0.15) is 6.61 Å². The van der Waals surface area contributed by atoms with Crippen molar-refractivity contribution in [2.24, 2.45) is 11.8 Å². The van der Waals surface area contributed by atoms with Gasteiger partial charge in [0.05, 0.1) is 18.4 Å². The monoisotopic (exact) mass is 420 g/mol. The van der Waals surface area contributed by atoms with Crippen LogP contribution in [0.3, 0.4) is 0 Å². The molecule has 2 unspecified atom stereocenters. The zero-order valence-corrected chi connectivity index (χ0v) is 20.3. The van der Waals surface area contributed by atoms with Crippen LogP contribution in [0.15, 0.2) is 0 Å². The molecule has 0 heterocycles. The predicted octanol–water partition coefficient (Wildman–Crippen LogP) is 4.52. The van der Waals surface area contributed by atoms with Gasteiger partial charge in [0.15, 0.2) is 16.6 Å². The summed E-state index contributed by atoms with van der Waals surface area (Å²) in [6.07, 6.45) is 3.40. The molecule has 0 aliphatic rings. The van der Waals surface area contributed by atoms with Gasteiger partial charge in [-0.2, -0.15) is 0 Å². The zero-order chi connectivity index (χ0) is 21.1. The number of unbranched alkanes of at least 4 members (excludes halogenated alkanes) is 1. The Morgan fingerprint density at radius 3 is 1.96 bits per heavy atom. The number of hydrogen-bond donors (Lipinski definition) is 1. The maximum atomic E-state index is 11.8. The van der Waals surface area contributed by atoms with E-state index in [0.29, 0.717) is 13.2 Å². The summed E-state index contributed by atoms with van der Waals surface area (Å²) in [7, 11) is -3.23. The Hall–Kier alpha value is -0.706. The van der Waals surface area contributed by atoms with Crippen molar-refractivity contribution in [1.29, 1.82) is 0 Å². The minimum atomic E-state index is -1.67. The van der Waals surface area contributed by atoms with Crippen LogP contribution in [0.1, 0.15) is 40.0 Å². The molecule has 6 nitrogen and oxygen atoms in total. The number of carboxylic acids is 1. The van der Waals surface area contributed by atoms with E-state index in [9.17, 15) is 9.59 Å². The van der Waals surface area contributed by atoms with Gasteiger partial charge in [0, 0.05) is 6.61 Å². The normalized spacial score (nSPS) is 14.6. The highest BCUT2D eigenvalue weighted by Gasteiger charge is 2.32. The number of aliphatic carboxylic acids is 1. The third-order valence-corrected chi connectivity index (χ3v) is 12.3. The summed E-state index contributed by atoms with van der Waals surface area (Å²) in [5.74, 6) is -2.90. The summed E-state index contributed by atoms with van der Waals surface area (Å²) in [5, 5.41) is 8.91. The van der Waals surface area contributed by atoms with Crippen molar-refractivity contribution < 1.29 is 28.3 Å². The first kappa shape index (κ1) is 26.3. The van der Waals surface area contributed by atoms with Crippen LogP contribution in [0.2, 0.25) is 38.3 Å². The van der Waals surface area contributed by atoms with Gasteiger partial charge in [-0.15, -0.1) is 0 Å². The maximum absolute atomic E-state index is 11.8. The molecule has 0 aliphatic carbocycles. The first-order valence-electron chi connectivity index (χ1n) is 10.1. The lowest BCUT2D eigenvalue weighted by Gasteiger charge is -2.34. The van der Waals surface area contributed by atoms with E-state index in [1.807, 2.05) is 0 Å². The van der Waals surface area contributed by atoms with Gasteiger partial charge in [-0.05, 0) is 44.7 Å². The topological polar surface area (TPSA) is 82.1 Å². The molecule has 0 bridgehead atoms. The van der Waals surface area contributed by atoms with Crippen LogP contribution in [-0.2, 0) is 23.2 Å². The molecule has 0 rings (SSSR count). The molecule has 0 radical (unpaired) electrons. The molecule has 0 saturated heterocycles. The lowest BCUT2D eigenvalue weighted by Crippen LogP contribution is -2.44. The molecular formula is C19H40O6Si2. The van der Waals surface area contributed by atoms with E-state index < -0.39 is 40.4 Å². The van der Waals surface area contributed by atoms with E-state index >= 15 is 0 Å². The molecule has 0 spiro atoms. The average Bonchev–Trinajstić information content (AvgIpc) is 2.56. The third kappa shape index (κ3) is 12.4. The summed E-state index contributed by atoms with van der Waals surface area (Å²) >= 11 is 0.